The summed E-state index contributed by atoms with van der Waals surface area (Å²) in [5.74, 6) is -0.113. The van der Waals surface area contributed by atoms with Crippen LogP contribution in [0.4, 0.5) is 5.69 Å². The second-order valence-electron chi connectivity index (χ2n) is 4.15. The molecule has 19 heavy (non-hydrogen) atoms. The number of nitriles is 1. The van der Waals surface area contributed by atoms with Gasteiger partial charge in [-0.15, -0.1) is 0 Å². The zero-order valence-corrected chi connectivity index (χ0v) is 13.1. The number of hydrogen-bond acceptors (Lipinski definition) is 4. The van der Waals surface area contributed by atoms with Crippen LogP contribution in [0.25, 0.3) is 0 Å². The lowest BCUT2D eigenvalue weighted by Crippen LogP contribution is -2.21. The van der Waals surface area contributed by atoms with Gasteiger partial charge in [0.25, 0.3) is 0 Å². The second-order valence-corrected chi connectivity index (χ2v) is 6.84. The highest BCUT2D eigenvalue weighted by Crippen LogP contribution is 2.24. The lowest BCUT2D eigenvalue weighted by Gasteiger charge is -2.11. The summed E-state index contributed by atoms with van der Waals surface area (Å²) < 4.78 is 31.8. The van der Waals surface area contributed by atoms with E-state index in [-0.39, 0.29) is 18.5 Å². The van der Waals surface area contributed by atoms with Crippen molar-refractivity contribution < 1.29 is 13.2 Å². The number of rotatable bonds is 6. The first-order chi connectivity index (χ1) is 8.84. The first-order valence-corrected chi connectivity index (χ1v) is 8.10. The average molecular weight is 347 g/mol. The van der Waals surface area contributed by atoms with Crippen LogP contribution in [0.15, 0.2) is 22.7 Å². The van der Waals surface area contributed by atoms with E-state index >= 15 is 0 Å². The van der Waals surface area contributed by atoms with Crippen molar-refractivity contribution >= 4 is 31.6 Å². The minimum Gasteiger partial charge on any atom is -0.378 e. The number of ether oxygens (including phenoxy) is 1. The van der Waals surface area contributed by atoms with Crippen molar-refractivity contribution in [3.05, 3.63) is 28.2 Å². The molecule has 5 nitrogen and oxygen atoms in total. The van der Waals surface area contributed by atoms with E-state index in [0.717, 1.165) is 0 Å². The highest BCUT2D eigenvalue weighted by atomic mass is 79.9. The molecule has 0 heterocycles. The third-order valence-electron chi connectivity index (χ3n) is 2.17. The van der Waals surface area contributed by atoms with Gasteiger partial charge < -0.3 is 4.74 Å². The van der Waals surface area contributed by atoms with Crippen LogP contribution in [0.3, 0.4) is 0 Å². The van der Waals surface area contributed by atoms with Gasteiger partial charge in [-0.2, -0.15) is 5.26 Å². The summed E-state index contributed by atoms with van der Waals surface area (Å²) in [7, 11) is -3.46. The molecule has 0 saturated carbocycles. The molecule has 1 aromatic rings. The molecule has 1 aromatic carbocycles. The number of nitrogens with one attached hydrogen (secondary N) is 1. The summed E-state index contributed by atoms with van der Waals surface area (Å²) in [6, 6.07) is 6.63. The standard InChI is InChI=1S/C12H15BrN2O3S/c1-9(2)18-5-6-19(16,17)15-12-4-3-10(8-14)7-11(12)13/h3-4,7,9,15H,5-6H2,1-2H3. The smallest absolute Gasteiger partial charge is 0.235 e. The van der Waals surface area contributed by atoms with Crippen LogP contribution in [0.2, 0.25) is 0 Å². The van der Waals surface area contributed by atoms with Gasteiger partial charge in [0.15, 0.2) is 0 Å². The molecule has 0 fully saturated rings. The van der Waals surface area contributed by atoms with Crippen molar-refractivity contribution in [2.24, 2.45) is 0 Å². The number of halogens is 1. The van der Waals surface area contributed by atoms with E-state index in [4.69, 9.17) is 10.00 Å². The molecule has 0 aromatic heterocycles. The fourth-order valence-corrected chi connectivity index (χ4v) is 2.82. The molecule has 0 unspecified atom stereocenters. The van der Waals surface area contributed by atoms with E-state index in [9.17, 15) is 8.42 Å². The van der Waals surface area contributed by atoms with Crippen LogP contribution in [0, 0.1) is 11.3 Å². The average Bonchev–Trinajstić information content (AvgIpc) is 2.30. The van der Waals surface area contributed by atoms with Crippen LogP contribution in [-0.4, -0.2) is 26.9 Å². The quantitative estimate of drug-likeness (QED) is 0.857. The summed E-state index contributed by atoms with van der Waals surface area (Å²) in [6.45, 7) is 3.83. The maximum Gasteiger partial charge on any atom is 0.235 e. The summed E-state index contributed by atoms with van der Waals surface area (Å²) in [6.07, 6.45) is -0.00292. The zero-order chi connectivity index (χ0) is 14.5. The Morgan fingerprint density at radius 3 is 2.68 bits per heavy atom. The highest BCUT2D eigenvalue weighted by Gasteiger charge is 2.13. The van der Waals surface area contributed by atoms with Crippen molar-refractivity contribution in [2.45, 2.75) is 20.0 Å². The zero-order valence-electron chi connectivity index (χ0n) is 10.7. The van der Waals surface area contributed by atoms with E-state index in [1.165, 1.54) is 0 Å². The van der Waals surface area contributed by atoms with Crippen molar-refractivity contribution in [2.75, 3.05) is 17.1 Å². The van der Waals surface area contributed by atoms with Gasteiger partial charge in [-0.1, -0.05) is 0 Å². The van der Waals surface area contributed by atoms with Gasteiger partial charge >= 0.3 is 0 Å². The Morgan fingerprint density at radius 2 is 2.16 bits per heavy atom. The summed E-state index contributed by atoms with van der Waals surface area (Å²) in [5, 5.41) is 8.73. The predicted octanol–water partition coefficient (Wildman–Crippen LogP) is 2.49. The van der Waals surface area contributed by atoms with Crippen LogP contribution in [-0.2, 0) is 14.8 Å². The molecule has 7 heteroatoms. The largest absolute Gasteiger partial charge is 0.378 e. The van der Waals surface area contributed by atoms with Gasteiger partial charge in [0.1, 0.15) is 0 Å². The van der Waals surface area contributed by atoms with Crippen LogP contribution >= 0.6 is 15.9 Å². The van der Waals surface area contributed by atoms with E-state index in [2.05, 4.69) is 20.7 Å². The molecule has 0 saturated heterocycles. The van der Waals surface area contributed by atoms with E-state index in [1.807, 2.05) is 19.9 Å². The van der Waals surface area contributed by atoms with E-state index in [0.29, 0.717) is 15.7 Å². The number of hydrogen-bond donors (Lipinski definition) is 1. The van der Waals surface area contributed by atoms with Crippen molar-refractivity contribution in [3.8, 4) is 6.07 Å². The van der Waals surface area contributed by atoms with Crippen LogP contribution in [0.1, 0.15) is 19.4 Å². The molecule has 0 aliphatic heterocycles. The van der Waals surface area contributed by atoms with E-state index in [1.54, 1.807) is 18.2 Å². The topological polar surface area (TPSA) is 79.2 Å². The van der Waals surface area contributed by atoms with Crippen molar-refractivity contribution in [1.29, 1.82) is 5.26 Å². The molecule has 104 valence electrons. The Labute approximate surface area is 121 Å². The maximum absolute atomic E-state index is 11.8. The van der Waals surface area contributed by atoms with Crippen molar-refractivity contribution in [1.82, 2.24) is 0 Å². The first-order valence-electron chi connectivity index (χ1n) is 5.66. The Morgan fingerprint density at radius 1 is 1.47 bits per heavy atom. The lowest BCUT2D eigenvalue weighted by atomic mass is 10.2. The normalized spacial score (nSPS) is 11.3. The van der Waals surface area contributed by atoms with Crippen LogP contribution in [0.5, 0.6) is 0 Å². The summed E-state index contributed by atoms with van der Waals surface area (Å²) in [5.41, 5.74) is 0.863. The Balaban J connectivity index is 2.71. The monoisotopic (exact) mass is 346 g/mol. The van der Waals surface area contributed by atoms with Gasteiger partial charge in [-0.25, -0.2) is 8.42 Å². The van der Waals surface area contributed by atoms with Gasteiger partial charge in [0.2, 0.25) is 10.0 Å². The van der Waals surface area contributed by atoms with Gasteiger partial charge in [0.05, 0.1) is 35.8 Å². The number of sulfonamides is 1. The Kier molecular flexibility index (Phi) is 5.79. The molecule has 0 radical (unpaired) electrons. The third-order valence-corrected chi connectivity index (χ3v) is 4.06. The van der Waals surface area contributed by atoms with Gasteiger partial charge in [0, 0.05) is 4.47 Å². The number of anilines is 1. The maximum atomic E-state index is 11.8. The summed E-state index contributed by atoms with van der Waals surface area (Å²) in [4.78, 5) is 0. The fourth-order valence-electron chi connectivity index (χ4n) is 1.28. The first kappa shape index (κ1) is 16.0. The third kappa shape index (κ3) is 5.59. The fraction of sp³-hybridized carbons (Fsp3) is 0.417. The number of benzene rings is 1. The molecular weight excluding hydrogens is 332 g/mol. The highest BCUT2D eigenvalue weighted by molar-refractivity contribution is 9.10. The molecule has 0 spiro atoms. The lowest BCUT2D eigenvalue weighted by molar-refractivity contribution is 0.0913. The molecule has 0 aliphatic carbocycles. The molecule has 0 atom stereocenters. The SMILES string of the molecule is CC(C)OCCS(=O)(=O)Nc1ccc(C#N)cc1Br. The van der Waals surface area contributed by atoms with E-state index < -0.39 is 10.0 Å². The summed E-state index contributed by atoms with van der Waals surface area (Å²) >= 11 is 3.22. The Bertz CT molecular complexity index is 579. The van der Waals surface area contributed by atoms with Gasteiger partial charge in [-0.3, -0.25) is 4.72 Å². The van der Waals surface area contributed by atoms with Crippen molar-refractivity contribution in [3.63, 3.8) is 0 Å². The molecular formula is C12H15BrN2O3S. The molecule has 0 aliphatic rings. The minimum atomic E-state index is -3.46. The molecule has 1 N–H and O–H groups in total. The second kappa shape index (κ2) is 6.89. The van der Waals surface area contributed by atoms with Gasteiger partial charge in [-0.05, 0) is 48.0 Å². The molecule has 0 bridgehead atoms. The van der Waals surface area contributed by atoms with Crippen LogP contribution < -0.4 is 4.72 Å². The molecule has 0 amide bonds. The Hall–Kier alpha value is -1.10. The minimum absolute atomic E-state index is 0.00292. The predicted molar refractivity (Wildman–Crippen MR) is 77.4 cm³/mol. The molecule has 1 rings (SSSR count). The number of nitrogens with zero attached hydrogens (tertiary/aromatic N) is 1.